The zero-order valence-corrected chi connectivity index (χ0v) is 26.3. The highest BCUT2D eigenvalue weighted by Crippen LogP contribution is 2.50. The molecule has 4 aromatic rings. The molecule has 10 heteroatoms. The normalized spacial score (nSPS) is 16.8. The maximum Gasteiger partial charge on any atom is 0.356 e. The number of Topliss-reactive ketones (excluding diaryl/α,β-unsaturated/α-hetero) is 1. The van der Waals surface area contributed by atoms with Crippen LogP contribution in [0.1, 0.15) is 33.4 Å². The van der Waals surface area contributed by atoms with Gasteiger partial charge in [-0.3, -0.25) is 14.4 Å². The molecule has 0 saturated carbocycles. The van der Waals surface area contributed by atoms with E-state index in [1.165, 1.54) is 24.0 Å². The fourth-order valence-electron chi connectivity index (χ4n) is 5.86. The molecular formula is C35H33N2O6PS. The summed E-state index contributed by atoms with van der Waals surface area (Å²) in [7, 11) is 0. The van der Waals surface area contributed by atoms with Crippen LogP contribution in [0.3, 0.4) is 0 Å². The first-order chi connectivity index (χ1) is 21.7. The Morgan fingerprint density at radius 3 is 1.91 bits per heavy atom. The summed E-state index contributed by atoms with van der Waals surface area (Å²) in [5, 5.41) is 14.7. The van der Waals surface area contributed by atoms with E-state index in [0.29, 0.717) is 0 Å². The van der Waals surface area contributed by atoms with Crippen LogP contribution >= 0.6 is 18.2 Å². The summed E-state index contributed by atoms with van der Waals surface area (Å²) in [5.41, 5.74) is 5.79. The van der Waals surface area contributed by atoms with E-state index in [9.17, 15) is 24.3 Å². The molecule has 1 aliphatic rings. The van der Waals surface area contributed by atoms with Crippen molar-refractivity contribution in [2.75, 3.05) is 6.61 Å². The highest BCUT2D eigenvalue weighted by Gasteiger charge is 2.55. The van der Waals surface area contributed by atoms with E-state index >= 15 is 0 Å². The summed E-state index contributed by atoms with van der Waals surface area (Å²) in [5.74, 6) is -3.15. The number of β-lactam (4-membered cyclic amide) rings is 1. The number of carbonyl (C=O) groups is 4. The lowest BCUT2D eigenvalue weighted by molar-refractivity contribution is -0.157. The molecular weight excluding hydrogens is 607 g/mol. The number of carbonyl (C=O) groups excluding carboxylic acids is 4. The summed E-state index contributed by atoms with van der Waals surface area (Å²) >= 11 is 1.05. The highest BCUT2D eigenvalue weighted by molar-refractivity contribution is 7.96. The Balaban J connectivity index is 1.83. The van der Waals surface area contributed by atoms with Crippen LogP contribution in [-0.2, 0) is 14.3 Å². The van der Waals surface area contributed by atoms with Gasteiger partial charge in [-0.2, -0.15) is 0 Å². The number of thiophene rings is 1. The van der Waals surface area contributed by atoms with E-state index in [2.05, 4.69) is 6.58 Å². The van der Waals surface area contributed by atoms with Crippen LogP contribution in [0.4, 0.5) is 0 Å². The van der Waals surface area contributed by atoms with Gasteiger partial charge in [0, 0.05) is 24.3 Å². The van der Waals surface area contributed by atoms with E-state index in [1.54, 1.807) is 5.38 Å². The number of primary amides is 1. The first-order valence-electron chi connectivity index (χ1n) is 14.4. The van der Waals surface area contributed by atoms with Crippen molar-refractivity contribution < 1.29 is 29.0 Å². The Morgan fingerprint density at radius 2 is 1.49 bits per heavy atom. The fraction of sp³-hybridized carbons (Fsp3) is 0.171. The molecule has 0 radical (unpaired) electrons. The lowest BCUT2D eigenvalue weighted by Crippen LogP contribution is -2.68. The average molecular weight is 641 g/mol. The Hall–Kier alpha value is -4.56. The van der Waals surface area contributed by atoms with Gasteiger partial charge in [0.15, 0.2) is 5.78 Å². The quantitative estimate of drug-likeness (QED) is 0.0803. The minimum Gasteiger partial charge on any atom is -0.457 e. The molecule has 1 aliphatic heterocycles. The Bertz CT molecular complexity index is 1680. The van der Waals surface area contributed by atoms with Crippen molar-refractivity contribution >= 4 is 63.1 Å². The number of benzene rings is 3. The molecule has 230 valence electrons. The minimum absolute atomic E-state index is 0.100. The monoisotopic (exact) mass is 640 g/mol. The summed E-state index contributed by atoms with van der Waals surface area (Å²) in [6.07, 6.45) is 0.152. The summed E-state index contributed by atoms with van der Waals surface area (Å²) in [6.45, 7) is 1.91. The maximum atomic E-state index is 14.4. The number of likely N-dealkylation sites (tertiary alicyclic amines) is 1. The van der Waals surface area contributed by atoms with E-state index in [1.807, 2.05) is 91.0 Å². The van der Waals surface area contributed by atoms with Gasteiger partial charge in [-0.1, -0.05) is 104 Å². The van der Waals surface area contributed by atoms with Crippen LogP contribution in [0.15, 0.2) is 115 Å². The SMILES string of the molecule is C=CCOC(=O)C(N1C(=O)C(C(C)O)C1CC(=O)c1csc(C(N)=O)c1)=P(c1ccccc1)(c1ccccc1)c1ccccc1. The van der Waals surface area contributed by atoms with Crippen LogP contribution in [0.5, 0.6) is 0 Å². The van der Waals surface area contributed by atoms with Crippen molar-refractivity contribution in [1.82, 2.24) is 4.90 Å². The van der Waals surface area contributed by atoms with Gasteiger partial charge >= 0.3 is 5.97 Å². The predicted molar refractivity (Wildman–Crippen MR) is 179 cm³/mol. The molecule has 3 N–H and O–H groups in total. The number of esters is 1. The van der Waals surface area contributed by atoms with Gasteiger partial charge in [-0.15, -0.1) is 11.3 Å². The zero-order chi connectivity index (χ0) is 32.1. The van der Waals surface area contributed by atoms with Crippen molar-refractivity contribution in [3.63, 3.8) is 0 Å². The molecule has 3 aromatic carbocycles. The Kier molecular flexibility index (Phi) is 9.63. The van der Waals surface area contributed by atoms with E-state index < -0.39 is 42.7 Å². The van der Waals surface area contributed by atoms with E-state index in [0.717, 1.165) is 27.3 Å². The number of hydrogen-bond acceptors (Lipinski definition) is 7. The number of aliphatic hydroxyl groups excluding tert-OH is 1. The molecule has 5 rings (SSSR count). The fourth-order valence-corrected chi connectivity index (χ4v) is 11.0. The molecule has 8 nitrogen and oxygen atoms in total. The maximum absolute atomic E-state index is 14.4. The molecule has 0 aliphatic carbocycles. The van der Waals surface area contributed by atoms with E-state index in [-0.39, 0.29) is 34.7 Å². The van der Waals surface area contributed by atoms with Gasteiger partial charge in [-0.25, -0.2) is 4.79 Å². The van der Waals surface area contributed by atoms with Crippen molar-refractivity contribution in [3.05, 3.63) is 126 Å². The molecule has 1 saturated heterocycles. The van der Waals surface area contributed by atoms with Crippen LogP contribution in [0, 0.1) is 5.92 Å². The third-order valence-electron chi connectivity index (χ3n) is 7.84. The second-order valence-electron chi connectivity index (χ2n) is 10.6. The van der Waals surface area contributed by atoms with Gasteiger partial charge in [-0.05, 0) is 28.9 Å². The van der Waals surface area contributed by atoms with Crippen LogP contribution in [0.2, 0.25) is 0 Å². The molecule has 3 atom stereocenters. The number of rotatable bonds is 12. The summed E-state index contributed by atoms with van der Waals surface area (Å²) in [4.78, 5) is 55.5. The van der Waals surface area contributed by atoms with Gasteiger partial charge in [0.25, 0.3) is 5.91 Å². The van der Waals surface area contributed by atoms with Crippen LogP contribution < -0.4 is 21.6 Å². The van der Waals surface area contributed by atoms with Crippen molar-refractivity contribution in [1.29, 1.82) is 0 Å². The first kappa shape index (κ1) is 31.9. The van der Waals surface area contributed by atoms with E-state index in [4.69, 9.17) is 10.5 Å². The number of nitrogens with two attached hydrogens (primary N) is 1. The highest BCUT2D eigenvalue weighted by atomic mass is 32.1. The topological polar surface area (TPSA) is 127 Å². The molecule has 45 heavy (non-hydrogen) atoms. The van der Waals surface area contributed by atoms with Gasteiger partial charge in [0.2, 0.25) is 5.91 Å². The van der Waals surface area contributed by atoms with Crippen LogP contribution in [0.25, 0.3) is 0 Å². The number of aliphatic hydroxyl groups is 1. The standard InChI is InChI=1S/C35H33N2O6PS/c1-3-19-43-35(42)34(37-28(31(23(2)38)33(37)41)21-29(39)24-20-30(32(36)40)45-22-24)44(25-13-7-4-8-14-25,26-15-9-5-10-16-26)27-17-11-6-12-18-27/h3-18,20,22-23,28,31,38H,1,19,21H2,2H3,(H2,36,40). The largest absolute Gasteiger partial charge is 0.457 e. The van der Waals surface area contributed by atoms with Crippen molar-refractivity contribution in [2.45, 2.75) is 25.5 Å². The van der Waals surface area contributed by atoms with Gasteiger partial charge < -0.3 is 20.5 Å². The van der Waals surface area contributed by atoms with Crippen molar-refractivity contribution in [2.24, 2.45) is 11.7 Å². The summed E-state index contributed by atoms with van der Waals surface area (Å²) in [6, 6.07) is 29.1. The van der Waals surface area contributed by atoms with Crippen LogP contribution in [-0.4, -0.2) is 57.7 Å². The minimum atomic E-state index is -3.18. The van der Waals surface area contributed by atoms with Crippen molar-refractivity contribution in [3.8, 4) is 0 Å². The predicted octanol–water partition coefficient (Wildman–Crippen LogP) is 3.48. The third-order valence-corrected chi connectivity index (χ3v) is 13.0. The number of nitrogens with zero attached hydrogens (tertiary/aromatic N) is 1. The second-order valence-corrected chi connectivity index (χ2v) is 14.8. The van der Waals surface area contributed by atoms with Gasteiger partial charge in [0.05, 0.1) is 22.9 Å². The number of ketones is 1. The molecule has 3 unspecified atom stereocenters. The average Bonchev–Trinajstić information content (AvgIpc) is 3.56. The molecule has 1 aromatic heterocycles. The smallest absolute Gasteiger partial charge is 0.356 e. The lowest BCUT2D eigenvalue weighted by atomic mass is 9.80. The summed E-state index contributed by atoms with van der Waals surface area (Å²) < 4.78 is 5.74. The first-order valence-corrected chi connectivity index (χ1v) is 17.0. The second kappa shape index (κ2) is 13.6. The lowest BCUT2D eigenvalue weighted by Gasteiger charge is -2.50. The number of amides is 2. The number of ether oxygens (including phenoxy) is 1. The molecule has 0 spiro atoms. The van der Waals surface area contributed by atoms with Gasteiger partial charge in [0.1, 0.15) is 12.0 Å². The number of hydrogen-bond donors (Lipinski definition) is 2. The molecule has 0 bridgehead atoms. The molecule has 2 heterocycles. The Morgan fingerprint density at radius 1 is 0.978 bits per heavy atom. The Labute approximate surface area is 265 Å². The third kappa shape index (κ3) is 5.94. The molecule has 1 fully saturated rings. The molecule has 2 amide bonds. The zero-order valence-electron chi connectivity index (χ0n) is 24.6.